The molecule has 0 aliphatic heterocycles. The van der Waals surface area contributed by atoms with Gasteiger partial charge in [-0.2, -0.15) is 0 Å². The van der Waals surface area contributed by atoms with Gasteiger partial charge in [0.25, 0.3) is 0 Å². The van der Waals surface area contributed by atoms with Crippen LogP contribution < -0.4 is 5.73 Å². The van der Waals surface area contributed by atoms with Crippen LogP contribution in [0.5, 0.6) is 0 Å². The van der Waals surface area contributed by atoms with Crippen molar-refractivity contribution >= 4 is 39.7 Å². The molecule has 0 radical (unpaired) electrons. The molecule has 2 rings (SSSR count). The zero-order valence-electron chi connectivity index (χ0n) is 8.02. The van der Waals surface area contributed by atoms with Crippen molar-refractivity contribution in [1.82, 2.24) is 4.98 Å². The van der Waals surface area contributed by atoms with Gasteiger partial charge in [0.15, 0.2) is 5.13 Å². The Bertz CT molecular complexity index is 495. The molecule has 6 heteroatoms. The van der Waals surface area contributed by atoms with Crippen molar-refractivity contribution in [2.24, 2.45) is 0 Å². The second kappa shape index (κ2) is 4.59. The molecule has 0 aliphatic carbocycles. The summed E-state index contributed by atoms with van der Waals surface area (Å²) in [5.41, 5.74) is 6.41. The van der Waals surface area contributed by atoms with E-state index in [1.54, 1.807) is 23.6 Å². The molecule has 0 bridgehead atoms. The number of nitrogens with two attached hydrogens (primary N) is 1. The van der Waals surface area contributed by atoms with E-state index in [0.29, 0.717) is 26.4 Å². The summed E-state index contributed by atoms with van der Waals surface area (Å²) >= 11 is 13.2. The summed E-state index contributed by atoms with van der Waals surface area (Å²) in [4.78, 5) is 4.00. The van der Waals surface area contributed by atoms with Crippen molar-refractivity contribution in [3.8, 4) is 0 Å². The van der Waals surface area contributed by atoms with Gasteiger partial charge in [-0.25, -0.2) is 4.98 Å². The first-order valence-corrected chi connectivity index (χ1v) is 6.06. The average Bonchev–Trinajstić information content (AvgIpc) is 2.64. The first-order valence-electron chi connectivity index (χ1n) is 4.42. The van der Waals surface area contributed by atoms with Crippen LogP contribution in [0.3, 0.4) is 0 Å². The SMILES string of the molecule is Nc1nc(C(O)c2c(Cl)cccc2Cl)cs1. The lowest BCUT2D eigenvalue weighted by atomic mass is 10.1. The number of nitrogen functional groups attached to an aromatic ring is 1. The highest BCUT2D eigenvalue weighted by Crippen LogP contribution is 2.34. The molecule has 1 aromatic heterocycles. The lowest BCUT2D eigenvalue weighted by Crippen LogP contribution is -2.02. The molecule has 1 unspecified atom stereocenters. The number of aromatic nitrogens is 1. The van der Waals surface area contributed by atoms with Gasteiger partial charge in [-0.05, 0) is 12.1 Å². The molecule has 3 nitrogen and oxygen atoms in total. The van der Waals surface area contributed by atoms with Gasteiger partial charge >= 0.3 is 0 Å². The highest BCUT2D eigenvalue weighted by Gasteiger charge is 2.19. The minimum Gasteiger partial charge on any atom is -0.382 e. The van der Waals surface area contributed by atoms with E-state index in [0.717, 1.165) is 0 Å². The normalized spacial score (nSPS) is 12.7. The molecule has 3 N–H and O–H groups in total. The average molecular weight is 275 g/mol. The molecule has 0 amide bonds. The molecule has 16 heavy (non-hydrogen) atoms. The molecular weight excluding hydrogens is 267 g/mol. The summed E-state index contributed by atoms with van der Waals surface area (Å²) in [6, 6.07) is 5.06. The smallest absolute Gasteiger partial charge is 0.180 e. The number of anilines is 1. The summed E-state index contributed by atoms with van der Waals surface area (Å²) in [6.07, 6.45) is -0.949. The van der Waals surface area contributed by atoms with Gasteiger partial charge in [0.2, 0.25) is 0 Å². The Hall–Kier alpha value is -0.810. The Balaban J connectivity index is 2.45. The Labute approximate surface area is 106 Å². The van der Waals surface area contributed by atoms with Crippen LogP contribution in [-0.2, 0) is 0 Å². The maximum Gasteiger partial charge on any atom is 0.180 e. The Morgan fingerprint density at radius 2 is 1.94 bits per heavy atom. The van der Waals surface area contributed by atoms with Crippen LogP contribution >= 0.6 is 34.5 Å². The van der Waals surface area contributed by atoms with E-state index in [2.05, 4.69) is 4.98 Å². The van der Waals surface area contributed by atoms with Gasteiger partial charge in [-0.15, -0.1) is 11.3 Å². The van der Waals surface area contributed by atoms with Gasteiger partial charge in [0.05, 0.1) is 5.69 Å². The number of thiazole rings is 1. The fraction of sp³-hybridized carbons (Fsp3) is 0.100. The topological polar surface area (TPSA) is 59.1 Å². The third-order valence-electron chi connectivity index (χ3n) is 2.09. The molecule has 0 spiro atoms. The van der Waals surface area contributed by atoms with Crippen LogP contribution in [0.1, 0.15) is 17.4 Å². The second-order valence-electron chi connectivity index (χ2n) is 3.15. The van der Waals surface area contributed by atoms with Crippen LogP contribution in [0.2, 0.25) is 10.0 Å². The molecule has 1 aromatic carbocycles. The Morgan fingerprint density at radius 3 is 2.44 bits per heavy atom. The largest absolute Gasteiger partial charge is 0.382 e. The standard InChI is InChI=1S/C10H8Cl2N2OS/c11-5-2-1-3-6(12)8(5)9(15)7-4-16-10(13)14-7/h1-4,9,15H,(H2,13,14). The Morgan fingerprint density at radius 1 is 1.31 bits per heavy atom. The van der Waals surface area contributed by atoms with Crippen molar-refractivity contribution in [2.75, 3.05) is 5.73 Å². The van der Waals surface area contributed by atoms with E-state index in [1.165, 1.54) is 11.3 Å². The van der Waals surface area contributed by atoms with E-state index < -0.39 is 6.10 Å². The van der Waals surface area contributed by atoms with E-state index >= 15 is 0 Å². The third kappa shape index (κ3) is 2.15. The van der Waals surface area contributed by atoms with Crippen molar-refractivity contribution in [3.05, 3.63) is 44.9 Å². The number of halogens is 2. The van der Waals surface area contributed by atoms with Gasteiger partial charge in [0, 0.05) is 21.0 Å². The minimum atomic E-state index is -0.949. The van der Waals surface area contributed by atoms with Gasteiger partial charge in [-0.1, -0.05) is 29.3 Å². The van der Waals surface area contributed by atoms with Crippen LogP contribution in [0, 0.1) is 0 Å². The fourth-order valence-corrected chi connectivity index (χ4v) is 2.53. The summed E-state index contributed by atoms with van der Waals surface area (Å²) in [6.45, 7) is 0. The van der Waals surface area contributed by atoms with E-state index in [-0.39, 0.29) is 0 Å². The van der Waals surface area contributed by atoms with E-state index in [9.17, 15) is 5.11 Å². The van der Waals surface area contributed by atoms with Crippen LogP contribution in [0.15, 0.2) is 23.6 Å². The van der Waals surface area contributed by atoms with E-state index in [1.807, 2.05) is 0 Å². The van der Waals surface area contributed by atoms with Crippen molar-refractivity contribution in [3.63, 3.8) is 0 Å². The number of hydrogen-bond acceptors (Lipinski definition) is 4. The molecule has 2 aromatic rings. The lowest BCUT2D eigenvalue weighted by Gasteiger charge is -2.11. The maximum absolute atomic E-state index is 10.1. The number of aliphatic hydroxyl groups excluding tert-OH is 1. The number of nitrogens with zero attached hydrogens (tertiary/aromatic N) is 1. The molecule has 84 valence electrons. The lowest BCUT2D eigenvalue weighted by molar-refractivity contribution is 0.216. The van der Waals surface area contributed by atoms with Crippen LogP contribution in [0.4, 0.5) is 5.13 Å². The molecule has 0 saturated heterocycles. The molecular formula is C10H8Cl2N2OS. The third-order valence-corrected chi connectivity index (χ3v) is 3.44. The number of aliphatic hydroxyl groups is 1. The summed E-state index contributed by atoms with van der Waals surface area (Å²) in [5, 5.41) is 13.0. The summed E-state index contributed by atoms with van der Waals surface area (Å²) < 4.78 is 0. The van der Waals surface area contributed by atoms with E-state index in [4.69, 9.17) is 28.9 Å². The highest BCUT2D eigenvalue weighted by molar-refractivity contribution is 7.13. The highest BCUT2D eigenvalue weighted by atomic mass is 35.5. The quantitative estimate of drug-likeness (QED) is 0.885. The molecule has 0 fully saturated rings. The maximum atomic E-state index is 10.1. The molecule has 0 saturated carbocycles. The van der Waals surface area contributed by atoms with Crippen LogP contribution in [0.25, 0.3) is 0 Å². The van der Waals surface area contributed by atoms with Crippen LogP contribution in [-0.4, -0.2) is 10.1 Å². The summed E-state index contributed by atoms with van der Waals surface area (Å²) in [5.74, 6) is 0. The monoisotopic (exact) mass is 274 g/mol. The van der Waals surface area contributed by atoms with Gasteiger partial charge in [0.1, 0.15) is 6.10 Å². The second-order valence-corrected chi connectivity index (χ2v) is 4.85. The molecule has 0 aliphatic rings. The van der Waals surface area contributed by atoms with Gasteiger partial charge in [-0.3, -0.25) is 0 Å². The molecule has 1 atom stereocenters. The zero-order chi connectivity index (χ0) is 11.7. The first-order chi connectivity index (χ1) is 7.59. The minimum absolute atomic E-state index is 0.400. The number of benzene rings is 1. The Kier molecular flexibility index (Phi) is 3.35. The number of hydrogen-bond donors (Lipinski definition) is 2. The summed E-state index contributed by atoms with van der Waals surface area (Å²) in [7, 11) is 0. The predicted octanol–water partition coefficient (Wildman–Crippen LogP) is 3.11. The first kappa shape index (κ1) is 11.7. The van der Waals surface area contributed by atoms with Crippen molar-refractivity contribution < 1.29 is 5.11 Å². The fourth-order valence-electron chi connectivity index (χ4n) is 1.35. The number of rotatable bonds is 2. The predicted molar refractivity (Wildman–Crippen MR) is 67.1 cm³/mol. The van der Waals surface area contributed by atoms with Gasteiger partial charge < -0.3 is 10.8 Å². The zero-order valence-corrected chi connectivity index (χ0v) is 10.4. The van der Waals surface area contributed by atoms with Crippen molar-refractivity contribution in [2.45, 2.75) is 6.10 Å². The van der Waals surface area contributed by atoms with Crippen molar-refractivity contribution in [1.29, 1.82) is 0 Å². The molecule has 1 heterocycles.